The lowest BCUT2D eigenvalue weighted by atomic mass is 9.94. The Bertz CT molecular complexity index is 358. The zero-order chi connectivity index (χ0) is 12.3. The molecule has 0 saturated heterocycles. The normalized spacial score (nSPS) is 28.3. The van der Waals surface area contributed by atoms with Crippen molar-refractivity contribution in [1.29, 1.82) is 0 Å². The highest BCUT2D eigenvalue weighted by atomic mass is 15.0. The molecule has 2 rings (SSSR count). The van der Waals surface area contributed by atoms with E-state index in [1.807, 2.05) is 0 Å². The van der Waals surface area contributed by atoms with Crippen LogP contribution in [0.1, 0.15) is 38.2 Å². The Balaban J connectivity index is 2.07. The Labute approximate surface area is 105 Å². The first-order valence-corrected chi connectivity index (χ1v) is 6.72. The van der Waals surface area contributed by atoms with Crippen LogP contribution in [0.3, 0.4) is 0 Å². The van der Waals surface area contributed by atoms with E-state index in [0.717, 1.165) is 12.5 Å². The van der Waals surface area contributed by atoms with Gasteiger partial charge in [-0.2, -0.15) is 0 Å². The highest BCUT2D eigenvalue weighted by Crippen LogP contribution is 2.38. The number of nitrogens with two attached hydrogens (primary N) is 1. The first-order valence-electron chi connectivity index (χ1n) is 6.72. The molecule has 2 atom stereocenters. The van der Waals surface area contributed by atoms with E-state index in [-0.39, 0.29) is 5.54 Å². The van der Waals surface area contributed by atoms with Gasteiger partial charge in [-0.1, -0.05) is 31.0 Å². The van der Waals surface area contributed by atoms with Gasteiger partial charge in [0.05, 0.1) is 0 Å². The zero-order valence-corrected chi connectivity index (χ0v) is 11.0. The van der Waals surface area contributed by atoms with Crippen LogP contribution < -0.4 is 11.1 Å². The Morgan fingerprint density at radius 1 is 1.35 bits per heavy atom. The molecule has 2 unspecified atom stereocenters. The molecule has 3 N–H and O–H groups in total. The predicted molar refractivity (Wildman–Crippen MR) is 74.2 cm³/mol. The fourth-order valence-corrected chi connectivity index (χ4v) is 2.88. The van der Waals surface area contributed by atoms with Crippen molar-refractivity contribution in [2.45, 2.75) is 45.1 Å². The van der Waals surface area contributed by atoms with Crippen LogP contribution in [0.4, 0.5) is 5.69 Å². The average molecular weight is 232 g/mol. The van der Waals surface area contributed by atoms with Gasteiger partial charge in [0, 0.05) is 17.8 Å². The summed E-state index contributed by atoms with van der Waals surface area (Å²) in [7, 11) is 0. The summed E-state index contributed by atoms with van der Waals surface area (Å²) >= 11 is 0. The minimum absolute atomic E-state index is 0.135. The second-order valence-electron chi connectivity index (χ2n) is 5.49. The molecule has 0 radical (unpaired) electrons. The van der Waals surface area contributed by atoms with Gasteiger partial charge in [-0.15, -0.1) is 0 Å². The molecule has 94 valence electrons. The van der Waals surface area contributed by atoms with Crippen molar-refractivity contribution in [3.8, 4) is 0 Å². The molecule has 0 aliphatic heterocycles. The highest BCUT2D eigenvalue weighted by molar-refractivity contribution is 5.47. The maximum Gasteiger partial charge on any atom is 0.0498 e. The fourth-order valence-electron chi connectivity index (χ4n) is 2.88. The van der Waals surface area contributed by atoms with Crippen molar-refractivity contribution >= 4 is 5.69 Å². The van der Waals surface area contributed by atoms with E-state index < -0.39 is 0 Å². The molecule has 0 bridgehead atoms. The van der Waals surface area contributed by atoms with E-state index in [4.69, 9.17) is 5.73 Å². The number of hydrogen-bond acceptors (Lipinski definition) is 2. The molecule has 2 nitrogen and oxygen atoms in total. The summed E-state index contributed by atoms with van der Waals surface area (Å²) < 4.78 is 0. The standard InChI is InChI=1S/C15H24N2/c1-3-13-8-9-15(10-13,11-16)17-14-6-4-12(2)5-7-14/h4-7,13,17H,3,8-11,16H2,1-2H3. The molecule has 1 fully saturated rings. The second kappa shape index (κ2) is 5.09. The maximum absolute atomic E-state index is 6.00. The predicted octanol–water partition coefficient (Wildman–Crippen LogP) is 3.31. The van der Waals surface area contributed by atoms with Crippen LogP contribution in [-0.4, -0.2) is 12.1 Å². The molecule has 1 aromatic carbocycles. The number of hydrogen-bond donors (Lipinski definition) is 2. The van der Waals surface area contributed by atoms with Gasteiger partial charge in [0.2, 0.25) is 0 Å². The van der Waals surface area contributed by atoms with Crippen LogP contribution in [0, 0.1) is 12.8 Å². The summed E-state index contributed by atoms with van der Waals surface area (Å²) in [6, 6.07) is 8.62. The van der Waals surface area contributed by atoms with Gasteiger partial charge in [0.1, 0.15) is 0 Å². The van der Waals surface area contributed by atoms with Crippen LogP contribution >= 0.6 is 0 Å². The smallest absolute Gasteiger partial charge is 0.0498 e. The lowest BCUT2D eigenvalue weighted by Crippen LogP contribution is -2.43. The molecule has 0 amide bonds. The van der Waals surface area contributed by atoms with Gasteiger partial charge in [-0.05, 0) is 44.2 Å². The van der Waals surface area contributed by atoms with Crippen molar-refractivity contribution in [2.24, 2.45) is 11.7 Å². The van der Waals surface area contributed by atoms with Crippen LogP contribution in [0.15, 0.2) is 24.3 Å². The third kappa shape index (κ3) is 2.81. The molecule has 17 heavy (non-hydrogen) atoms. The van der Waals surface area contributed by atoms with Crippen LogP contribution in [0.2, 0.25) is 0 Å². The molecule has 1 saturated carbocycles. The summed E-state index contributed by atoms with van der Waals surface area (Å²) in [5.41, 5.74) is 8.64. The van der Waals surface area contributed by atoms with Gasteiger partial charge in [0.25, 0.3) is 0 Å². The first kappa shape index (κ1) is 12.4. The lowest BCUT2D eigenvalue weighted by molar-refractivity contribution is 0.450. The molecular formula is C15H24N2. The van der Waals surface area contributed by atoms with Crippen LogP contribution in [0.5, 0.6) is 0 Å². The lowest BCUT2D eigenvalue weighted by Gasteiger charge is -2.30. The molecule has 2 heteroatoms. The summed E-state index contributed by atoms with van der Waals surface area (Å²) in [5.74, 6) is 0.844. The molecule has 0 spiro atoms. The molecule has 1 aliphatic rings. The van der Waals surface area contributed by atoms with E-state index >= 15 is 0 Å². The minimum Gasteiger partial charge on any atom is -0.378 e. The van der Waals surface area contributed by atoms with E-state index in [1.54, 1.807) is 0 Å². The van der Waals surface area contributed by atoms with Gasteiger partial charge < -0.3 is 11.1 Å². The minimum atomic E-state index is 0.135. The van der Waals surface area contributed by atoms with Crippen molar-refractivity contribution in [3.63, 3.8) is 0 Å². The molecular weight excluding hydrogens is 208 g/mol. The fraction of sp³-hybridized carbons (Fsp3) is 0.600. The average Bonchev–Trinajstić information content (AvgIpc) is 2.76. The van der Waals surface area contributed by atoms with Crippen molar-refractivity contribution in [1.82, 2.24) is 0 Å². The van der Waals surface area contributed by atoms with Crippen molar-refractivity contribution in [2.75, 3.05) is 11.9 Å². The molecule has 1 aliphatic carbocycles. The maximum atomic E-state index is 6.00. The largest absolute Gasteiger partial charge is 0.378 e. The number of nitrogens with one attached hydrogen (secondary N) is 1. The molecule has 0 heterocycles. The van der Waals surface area contributed by atoms with E-state index in [1.165, 1.54) is 36.9 Å². The third-order valence-electron chi connectivity index (χ3n) is 4.14. The Morgan fingerprint density at radius 3 is 2.59 bits per heavy atom. The van der Waals surface area contributed by atoms with E-state index in [0.29, 0.717) is 0 Å². The van der Waals surface area contributed by atoms with Gasteiger partial charge in [-0.25, -0.2) is 0 Å². The van der Waals surface area contributed by atoms with Crippen molar-refractivity contribution < 1.29 is 0 Å². The van der Waals surface area contributed by atoms with Gasteiger partial charge in [-0.3, -0.25) is 0 Å². The molecule has 0 aromatic heterocycles. The summed E-state index contributed by atoms with van der Waals surface area (Å²) in [5, 5.41) is 3.67. The zero-order valence-electron chi connectivity index (χ0n) is 11.0. The summed E-state index contributed by atoms with van der Waals surface area (Å²) in [6.07, 6.45) is 5.01. The Kier molecular flexibility index (Phi) is 3.72. The van der Waals surface area contributed by atoms with Crippen LogP contribution in [-0.2, 0) is 0 Å². The number of rotatable bonds is 4. The van der Waals surface area contributed by atoms with E-state index in [9.17, 15) is 0 Å². The van der Waals surface area contributed by atoms with Gasteiger partial charge in [0.15, 0.2) is 0 Å². The number of anilines is 1. The monoisotopic (exact) mass is 232 g/mol. The topological polar surface area (TPSA) is 38.0 Å². The third-order valence-corrected chi connectivity index (χ3v) is 4.14. The van der Waals surface area contributed by atoms with Crippen molar-refractivity contribution in [3.05, 3.63) is 29.8 Å². The van der Waals surface area contributed by atoms with E-state index in [2.05, 4.69) is 43.4 Å². The second-order valence-corrected chi connectivity index (χ2v) is 5.49. The number of benzene rings is 1. The Hall–Kier alpha value is -1.02. The quantitative estimate of drug-likeness (QED) is 0.835. The Morgan fingerprint density at radius 2 is 2.06 bits per heavy atom. The summed E-state index contributed by atoms with van der Waals surface area (Å²) in [4.78, 5) is 0. The SMILES string of the molecule is CCC1CCC(CN)(Nc2ccc(C)cc2)C1. The van der Waals surface area contributed by atoms with Crippen LogP contribution in [0.25, 0.3) is 0 Å². The first-order chi connectivity index (χ1) is 8.17. The molecule has 1 aromatic rings. The highest BCUT2D eigenvalue weighted by Gasteiger charge is 2.37. The van der Waals surface area contributed by atoms with Gasteiger partial charge >= 0.3 is 0 Å². The number of aryl methyl sites for hydroxylation is 1. The summed E-state index contributed by atoms with van der Waals surface area (Å²) in [6.45, 7) is 5.13.